The normalized spacial score (nSPS) is 19.9. The van der Waals surface area contributed by atoms with E-state index < -0.39 is 22.2 Å². The number of fused-ring (bicyclic) bond motifs is 1. The van der Waals surface area contributed by atoms with Crippen molar-refractivity contribution >= 4 is 21.6 Å². The van der Waals surface area contributed by atoms with Crippen molar-refractivity contribution in [2.45, 2.75) is 44.7 Å². The molecule has 1 aromatic heterocycles. The number of aryl methyl sites for hydroxylation is 2. The van der Waals surface area contributed by atoms with Crippen molar-refractivity contribution in [1.29, 1.82) is 0 Å². The molecule has 34 heavy (non-hydrogen) atoms. The minimum absolute atomic E-state index is 0.0459. The van der Waals surface area contributed by atoms with Gasteiger partial charge in [-0.05, 0) is 32.9 Å². The second-order valence-corrected chi connectivity index (χ2v) is 11.1. The Balaban J connectivity index is 2.05. The second-order valence-electron chi connectivity index (χ2n) is 9.11. The summed E-state index contributed by atoms with van der Waals surface area (Å²) in [5.74, 6) is 0.156. The molecule has 1 N–H and O–H groups in total. The molecule has 0 saturated carbocycles. The summed E-state index contributed by atoms with van der Waals surface area (Å²) in [7, 11) is 1.31. The highest BCUT2D eigenvalue weighted by Gasteiger charge is 2.37. The molecule has 0 bridgehead atoms. The molecule has 0 spiro atoms. The number of carbonyl (C=O) groups is 1. The van der Waals surface area contributed by atoms with Crippen molar-refractivity contribution in [3.05, 3.63) is 35.2 Å². The van der Waals surface area contributed by atoms with Crippen LogP contribution in [-0.4, -0.2) is 86.8 Å². The molecule has 1 aromatic carbocycles. The number of para-hydroxylation sites is 1. The standard InChI is InChI=1S/C23H34N4O6S/c1-14-11-27(15(2)13-28)23(29)18-9-8-10-19(25(5)6)21(18)32-20(14)12-26(7)34(30,31)22-16(3)24-33-17(22)4/h8-10,14-15,20,28H,11-13H2,1-7H3/t14-,15-,20+/m1/s1. The van der Waals surface area contributed by atoms with Gasteiger partial charge in [-0.2, -0.15) is 4.31 Å². The van der Waals surface area contributed by atoms with Gasteiger partial charge in [-0.25, -0.2) is 8.42 Å². The molecule has 10 nitrogen and oxygen atoms in total. The van der Waals surface area contributed by atoms with Crippen LogP contribution < -0.4 is 9.64 Å². The lowest BCUT2D eigenvalue weighted by molar-refractivity contribution is 0.0388. The van der Waals surface area contributed by atoms with Gasteiger partial charge in [0.05, 0.1) is 30.4 Å². The molecular weight excluding hydrogens is 460 g/mol. The lowest BCUT2D eigenvalue weighted by atomic mass is 9.99. The van der Waals surface area contributed by atoms with E-state index in [9.17, 15) is 18.3 Å². The Morgan fingerprint density at radius 2 is 1.94 bits per heavy atom. The average Bonchev–Trinajstić information content (AvgIpc) is 3.13. The van der Waals surface area contributed by atoms with Crippen LogP contribution in [0.1, 0.15) is 35.7 Å². The van der Waals surface area contributed by atoms with Crippen molar-refractivity contribution in [2.24, 2.45) is 5.92 Å². The maximum atomic E-state index is 13.4. The fraction of sp³-hybridized carbons (Fsp3) is 0.565. The maximum absolute atomic E-state index is 13.4. The summed E-state index contributed by atoms with van der Waals surface area (Å²) in [4.78, 5) is 16.9. The number of ether oxygens (including phenoxy) is 1. The Bertz CT molecular complexity index is 1130. The minimum atomic E-state index is -3.88. The Labute approximate surface area is 201 Å². The highest BCUT2D eigenvalue weighted by atomic mass is 32.2. The van der Waals surface area contributed by atoms with E-state index in [0.717, 1.165) is 0 Å². The highest BCUT2D eigenvalue weighted by molar-refractivity contribution is 7.89. The van der Waals surface area contributed by atoms with E-state index in [0.29, 0.717) is 29.2 Å². The number of aliphatic hydroxyl groups excluding tert-OH is 1. The fourth-order valence-electron chi connectivity index (χ4n) is 4.15. The lowest BCUT2D eigenvalue weighted by Gasteiger charge is -2.38. The van der Waals surface area contributed by atoms with Gasteiger partial charge in [0.25, 0.3) is 5.91 Å². The van der Waals surface area contributed by atoms with Crippen LogP contribution in [0.15, 0.2) is 27.6 Å². The van der Waals surface area contributed by atoms with Crippen LogP contribution in [0.3, 0.4) is 0 Å². The van der Waals surface area contributed by atoms with Gasteiger partial charge < -0.3 is 24.2 Å². The van der Waals surface area contributed by atoms with E-state index in [1.54, 1.807) is 37.8 Å². The molecule has 2 heterocycles. The number of benzene rings is 1. The molecule has 0 aliphatic carbocycles. The summed E-state index contributed by atoms with van der Waals surface area (Å²) in [5.41, 5.74) is 1.38. The topological polar surface area (TPSA) is 116 Å². The molecule has 0 radical (unpaired) electrons. The Hall–Kier alpha value is -2.63. The Morgan fingerprint density at radius 3 is 2.50 bits per heavy atom. The third kappa shape index (κ3) is 4.77. The van der Waals surface area contributed by atoms with Gasteiger partial charge in [0.2, 0.25) is 10.0 Å². The van der Waals surface area contributed by atoms with Gasteiger partial charge in [0.1, 0.15) is 16.7 Å². The van der Waals surface area contributed by atoms with E-state index in [2.05, 4.69) is 5.16 Å². The second kappa shape index (κ2) is 9.93. The molecule has 188 valence electrons. The van der Waals surface area contributed by atoms with Gasteiger partial charge >= 0.3 is 0 Å². The number of carbonyl (C=O) groups excluding carboxylic acids is 1. The smallest absolute Gasteiger partial charge is 0.258 e. The van der Waals surface area contributed by atoms with Crippen LogP contribution in [0.25, 0.3) is 0 Å². The third-order valence-electron chi connectivity index (χ3n) is 6.23. The number of rotatable bonds is 7. The number of hydrogen-bond acceptors (Lipinski definition) is 8. The van der Waals surface area contributed by atoms with Gasteiger partial charge in [-0.1, -0.05) is 18.1 Å². The van der Waals surface area contributed by atoms with Crippen LogP contribution >= 0.6 is 0 Å². The zero-order valence-electron chi connectivity index (χ0n) is 20.8. The molecular formula is C23H34N4O6S. The van der Waals surface area contributed by atoms with E-state index >= 15 is 0 Å². The first-order chi connectivity index (χ1) is 15.9. The van der Waals surface area contributed by atoms with Gasteiger partial charge in [-0.15, -0.1) is 0 Å². The number of likely N-dealkylation sites (N-methyl/N-ethyl adjacent to an activating group) is 1. The molecule has 0 saturated heterocycles. The van der Waals surface area contributed by atoms with E-state index in [1.807, 2.05) is 32.0 Å². The highest BCUT2D eigenvalue weighted by Crippen LogP contribution is 2.36. The summed E-state index contributed by atoms with van der Waals surface area (Å²) in [5, 5.41) is 13.6. The molecule has 2 aromatic rings. The van der Waals surface area contributed by atoms with Crippen LogP contribution in [0.2, 0.25) is 0 Å². The number of anilines is 1. The zero-order valence-corrected chi connectivity index (χ0v) is 21.6. The summed E-state index contributed by atoms with van der Waals surface area (Å²) >= 11 is 0. The predicted octanol–water partition coefficient (Wildman–Crippen LogP) is 1.90. The quantitative estimate of drug-likeness (QED) is 0.620. The van der Waals surface area contributed by atoms with E-state index in [-0.39, 0.29) is 35.6 Å². The molecule has 11 heteroatoms. The van der Waals surface area contributed by atoms with Crippen molar-refractivity contribution < 1.29 is 27.6 Å². The minimum Gasteiger partial charge on any atom is -0.486 e. The molecule has 0 unspecified atom stereocenters. The first kappa shape index (κ1) is 26.0. The van der Waals surface area contributed by atoms with E-state index in [4.69, 9.17) is 9.26 Å². The zero-order chi connectivity index (χ0) is 25.4. The number of sulfonamides is 1. The van der Waals surface area contributed by atoms with Crippen molar-refractivity contribution in [2.75, 3.05) is 45.7 Å². The average molecular weight is 495 g/mol. The van der Waals surface area contributed by atoms with Gasteiger partial charge in [0, 0.05) is 33.6 Å². The van der Waals surface area contributed by atoms with Crippen molar-refractivity contribution in [3.8, 4) is 5.75 Å². The SMILES string of the molecule is Cc1noc(C)c1S(=O)(=O)N(C)C[C@@H]1Oc2c(cccc2N(C)C)C(=O)N([C@H](C)CO)C[C@H]1C. The number of hydrogen-bond donors (Lipinski definition) is 1. The summed E-state index contributed by atoms with van der Waals surface area (Å²) in [6.07, 6.45) is -0.568. The number of aliphatic hydroxyl groups is 1. The summed E-state index contributed by atoms with van der Waals surface area (Å²) in [6.45, 7) is 7.01. The van der Waals surface area contributed by atoms with Crippen LogP contribution in [0.4, 0.5) is 5.69 Å². The number of amides is 1. The summed E-state index contributed by atoms with van der Waals surface area (Å²) < 4.78 is 39.4. The van der Waals surface area contributed by atoms with Gasteiger partial charge in [0.15, 0.2) is 11.5 Å². The number of nitrogens with zero attached hydrogens (tertiary/aromatic N) is 4. The number of aromatic nitrogens is 1. The molecule has 1 aliphatic rings. The maximum Gasteiger partial charge on any atom is 0.258 e. The van der Waals surface area contributed by atoms with Crippen molar-refractivity contribution in [3.63, 3.8) is 0 Å². The fourth-order valence-corrected chi connectivity index (χ4v) is 5.61. The third-order valence-corrected chi connectivity index (χ3v) is 8.29. The molecule has 3 atom stereocenters. The first-order valence-electron chi connectivity index (χ1n) is 11.2. The Kier molecular flexibility index (Phi) is 7.59. The van der Waals surface area contributed by atoms with Crippen LogP contribution in [-0.2, 0) is 10.0 Å². The molecule has 3 rings (SSSR count). The van der Waals surface area contributed by atoms with Crippen LogP contribution in [0.5, 0.6) is 5.75 Å². The molecule has 0 fully saturated rings. The lowest BCUT2D eigenvalue weighted by Crippen LogP contribution is -2.50. The predicted molar refractivity (Wildman–Crippen MR) is 128 cm³/mol. The largest absolute Gasteiger partial charge is 0.486 e. The first-order valence-corrected chi connectivity index (χ1v) is 12.6. The van der Waals surface area contributed by atoms with E-state index in [1.165, 1.54) is 11.4 Å². The molecule has 1 aliphatic heterocycles. The van der Waals surface area contributed by atoms with Crippen LogP contribution in [0, 0.1) is 19.8 Å². The van der Waals surface area contributed by atoms with Gasteiger partial charge in [-0.3, -0.25) is 4.79 Å². The summed E-state index contributed by atoms with van der Waals surface area (Å²) in [6, 6.07) is 4.91. The Morgan fingerprint density at radius 1 is 1.26 bits per heavy atom. The molecule has 1 amide bonds. The monoisotopic (exact) mass is 494 g/mol. The van der Waals surface area contributed by atoms with Crippen molar-refractivity contribution in [1.82, 2.24) is 14.4 Å².